The van der Waals surface area contributed by atoms with Gasteiger partial charge in [0.05, 0.1) is 6.10 Å². The van der Waals surface area contributed by atoms with Crippen LogP contribution in [-0.2, 0) is 4.79 Å². The number of carboxylic acid groups (broad SMARTS) is 1. The Hall–Kier alpha value is -1.62. The van der Waals surface area contributed by atoms with Crippen LogP contribution >= 0.6 is 0 Å². The quantitative estimate of drug-likeness (QED) is 0.827. The number of carboxylic acids is 1. The van der Waals surface area contributed by atoms with Crippen LogP contribution in [0.3, 0.4) is 0 Å². The van der Waals surface area contributed by atoms with Crippen LogP contribution in [-0.4, -0.2) is 24.2 Å². The zero-order valence-electron chi connectivity index (χ0n) is 10.0. The highest BCUT2D eigenvalue weighted by atomic mass is 19.1. The minimum absolute atomic E-state index is 0.129. The van der Waals surface area contributed by atoms with E-state index in [-0.39, 0.29) is 11.9 Å². The fourth-order valence-corrected chi connectivity index (χ4v) is 1.48. The van der Waals surface area contributed by atoms with Crippen molar-refractivity contribution in [2.75, 3.05) is 7.05 Å². The van der Waals surface area contributed by atoms with Crippen molar-refractivity contribution in [1.29, 1.82) is 0 Å². The third-order valence-electron chi connectivity index (χ3n) is 2.19. The van der Waals surface area contributed by atoms with Crippen LogP contribution in [0.15, 0.2) is 18.2 Å². The van der Waals surface area contributed by atoms with E-state index in [1.807, 2.05) is 0 Å². The molecule has 0 aliphatic rings. The summed E-state index contributed by atoms with van der Waals surface area (Å²) in [4.78, 5) is 10.9. The molecule has 0 aliphatic heterocycles. The number of hydrogen-bond acceptors (Lipinski definition) is 3. The molecule has 17 heavy (non-hydrogen) atoms. The van der Waals surface area contributed by atoms with Crippen molar-refractivity contribution in [2.45, 2.75) is 26.0 Å². The maximum absolute atomic E-state index is 13.6. The van der Waals surface area contributed by atoms with Gasteiger partial charge in [-0.1, -0.05) is 6.07 Å². The number of aliphatic carboxylic acids is 1. The minimum atomic E-state index is -1.05. The van der Waals surface area contributed by atoms with Gasteiger partial charge in [0.2, 0.25) is 0 Å². The third kappa shape index (κ3) is 3.42. The molecule has 0 radical (unpaired) electrons. The number of rotatable bonds is 5. The van der Waals surface area contributed by atoms with Gasteiger partial charge in [0.25, 0.3) is 0 Å². The number of nitrogens with one attached hydrogen (secondary N) is 1. The first-order valence-electron chi connectivity index (χ1n) is 5.32. The molecule has 0 amide bonds. The highest BCUT2D eigenvalue weighted by Crippen LogP contribution is 2.23. The van der Waals surface area contributed by atoms with E-state index in [0.29, 0.717) is 5.56 Å². The van der Waals surface area contributed by atoms with Gasteiger partial charge in [0.1, 0.15) is 6.04 Å². The lowest BCUT2D eigenvalue weighted by molar-refractivity contribution is -0.139. The molecule has 0 heterocycles. The lowest BCUT2D eigenvalue weighted by atomic mass is 10.1. The standard InChI is InChI=1S/C12H16FNO3/c1-7(2)17-10-5-4-8(6-9(10)13)11(14-3)12(15)16/h4-7,11,14H,1-3H3,(H,15,16). The summed E-state index contributed by atoms with van der Waals surface area (Å²) in [6.07, 6.45) is -0.130. The first-order chi connectivity index (χ1) is 7.95. The van der Waals surface area contributed by atoms with Crippen molar-refractivity contribution in [3.63, 3.8) is 0 Å². The van der Waals surface area contributed by atoms with Gasteiger partial charge in [-0.3, -0.25) is 4.79 Å². The molecule has 1 aromatic carbocycles. The average Bonchev–Trinajstić information content (AvgIpc) is 2.22. The van der Waals surface area contributed by atoms with Crippen LogP contribution in [0.4, 0.5) is 4.39 Å². The maximum atomic E-state index is 13.6. The Morgan fingerprint density at radius 3 is 2.53 bits per heavy atom. The molecule has 1 atom stereocenters. The predicted molar refractivity (Wildman–Crippen MR) is 61.6 cm³/mol. The van der Waals surface area contributed by atoms with Crippen LogP contribution in [0.2, 0.25) is 0 Å². The van der Waals surface area contributed by atoms with E-state index in [2.05, 4.69) is 5.32 Å². The van der Waals surface area contributed by atoms with E-state index < -0.39 is 17.8 Å². The number of carbonyl (C=O) groups is 1. The first kappa shape index (κ1) is 13.4. The van der Waals surface area contributed by atoms with E-state index in [1.165, 1.54) is 25.2 Å². The molecule has 5 heteroatoms. The zero-order chi connectivity index (χ0) is 13.0. The van der Waals surface area contributed by atoms with Crippen LogP contribution in [0.5, 0.6) is 5.75 Å². The molecule has 0 saturated carbocycles. The van der Waals surface area contributed by atoms with Crippen LogP contribution in [0.1, 0.15) is 25.5 Å². The van der Waals surface area contributed by atoms with Crippen LogP contribution in [0, 0.1) is 5.82 Å². The monoisotopic (exact) mass is 241 g/mol. The van der Waals surface area contributed by atoms with E-state index in [4.69, 9.17) is 9.84 Å². The van der Waals surface area contributed by atoms with E-state index in [0.717, 1.165) is 0 Å². The molecular weight excluding hydrogens is 225 g/mol. The molecule has 0 bridgehead atoms. The highest BCUT2D eigenvalue weighted by molar-refractivity contribution is 5.75. The number of hydrogen-bond donors (Lipinski definition) is 2. The summed E-state index contributed by atoms with van der Waals surface area (Å²) in [7, 11) is 1.51. The topological polar surface area (TPSA) is 58.6 Å². The molecule has 94 valence electrons. The Morgan fingerprint density at radius 1 is 1.47 bits per heavy atom. The van der Waals surface area contributed by atoms with Gasteiger partial charge < -0.3 is 15.2 Å². The summed E-state index contributed by atoms with van der Waals surface area (Å²) in [5, 5.41) is 11.5. The van der Waals surface area contributed by atoms with Crippen molar-refractivity contribution < 1.29 is 19.0 Å². The zero-order valence-corrected chi connectivity index (χ0v) is 10.0. The molecular formula is C12H16FNO3. The molecule has 0 spiro atoms. The van der Waals surface area contributed by atoms with Crippen molar-refractivity contribution in [1.82, 2.24) is 5.32 Å². The Kier molecular flexibility index (Phi) is 4.45. The largest absolute Gasteiger partial charge is 0.488 e. The molecule has 1 rings (SSSR count). The van der Waals surface area contributed by atoms with Gasteiger partial charge in [-0.05, 0) is 38.6 Å². The molecule has 0 aromatic heterocycles. The summed E-state index contributed by atoms with van der Waals surface area (Å²) >= 11 is 0. The summed E-state index contributed by atoms with van der Waals surface area (Å²) in [5.74, 6) is -1.48. The summed E-state index contributed by atoms with van der Waals surface area (Å²) in [6, 6.07) is 3.23. The molecule has 4 nitrogen and oxygen atoms in total. The summed E-state index contributed by atoms with van der Waals surface area (Å²) < 4.78 is 18.9. The van der Waals surface area contributed by atoms with Crippen molar-refractivity contribution >= 4 is 5.97 Å². The van der Waals surface area contributed by atoms with Gasteiger partial charge in [-0.25, -0.2) is 4.39 Å². The van der Waals surface area contributed by atoms with Gasteiger partial charge >= 0.3 is 5.97 Å². The molecule has 1 unspecified atom stereocenters. The van der Waals surface area contributed by atoms with Gasteiger partial charge in [0, 0.05) is 0 Å². The smallest absolute Gasteiger partial charge is 0.325 e. The molecule has 2 N–H and O–H groups in total. The fraction of sp³-hybridized carbons (Fsp3) is 0.417. The minimum Gasteiger partial charge on any atom is -0.488 e. The highest BCUT2D eigenvalue weighted by Gasteiger charge is 2.19. The average molecular weight is 241 g/mol. The number of likely N-dealkylation sites (N-methyl/N-ethyl adjacent to an activating group) is 1. The van der Waals surface area contributed by atoms with Crippen LogP contribution < -0.4 is 10.1 Å². The molecule has 0 saturated heterocycles. The SMILES string of the molecule is CNC(C(=O)O)c1ccc(OC(C)C)c(F)c1. The summed E-state index contributed by atoms with van der Waals surface area (Å²) in [5.41, 5.74) is 0.355. The Bertz CT molecular complexity index is 407. The normalized spacial score (nSPS) is 12.5. The van der Waals surface area contributed by atoms with E-state index in [9.17, 15) is 9.18 Å². The van der Waals surface area contributed by atoms with Gasteiger partial charge in [0.15, 0.2) is 11.6 Å². The molecule has 0 fully saturated rings. The van der Waals surface area contributed by atoms with Crippen molar-refractivity contribution in [2.24, 2.45) is 0 Å². The molecule has 0 aliphatic carbocycles. The first-order valence-corrected chi connectivity index (χ1v) is 5.32. The number of ether oxygens (including phenoxy) is 1. The lowest BCUT2D eigenvalue weighted by Crippen LogP contribution is -2.25. The Balaban J connectivity index is 2.99. The summed E-state index contributed by atoms with van der Waals surface area (Å²) in [6.45, 7) is 3.59. The van der Waals surface area contributed by atoms with Gasteiger partial charge in [-0.2, -0.15) is 0 Å². The second-order valence-electron chi connectivity index (χ2n) is 3.92. The van der Waals surface area contributed by atoms with Crippen LogP contribution in [0.25, 0.3) is 0 Å². The number of benzene rings is 1. The van der Waals surface area contributed by atoms with E-state index >= 15 is 0 Å². The Morgan fingerprint density at radius 2 is 2.12 bits per heavy atom. The fourth-order valence-electron chi connectivity index (χ4n) is 1.48. The van der Waals surface area contributed by atoms with Gasteiger partial charge in [-0.15, -0.1) is 0 Å². The Labute approximate surface area is 99.4 Å². The number of halogens is 1. The van der Waals surface area contributed by atoms with Crippen molar-refractivity contribution in [3.05, 3.63) is 29.6 Å². The lowest BCUT2D eigenvalue weighted by Gasteiger charge is -2.14. The second kappa shape index (κ2) is 5.63. The second-order valence-corrected chi connectivity index (χ2v) is 3.92. The molecule has 1 aromatic rings. The van der Waals surface area contributed by atoms with Crippen molar-refractivity contribution in [3.8, 4) is 5.75 Å². The predicted octanol–water partition coefficient (Wildman–Crippen LogP) is 1.96. The third-order valence-corrected chi connectivity index (χ3v) is 2.19. The maximum Gasteiger partial charge on any atom is 0.325 e. The van der Waals surface area contributed by atoms with E-state index in [1.54, 1.807) is 13.8 Å².